The molecule has 0 saturated carbocycles. The Balaban J connectivity index is 3.19. The van der Waals surface area contributed by atoms with Crippen LogP contribution in [0.2, 0.25) is 0 Å². The normalized spacial score (nSPS) is 15.9. The highest BCUT2D eigenvalue weighted by atomic mass is 35.5. The number of rotatable bonds is 7. The minimum Gasteiger partial charge on any atom is -0.284 e. The Hall–Kier alpha value is 0.360. The van der Waals surface area contributed by atoms with Crippen LogP contribution in [0.4, 0.5) is 0 Å². The molecule has 0 amide bonds. The maximum absolute atomic E-state index is 10.1. The Kier molecular flexibility index (Phi) is 8.22. The predicted octanol–water partition coefficient (Wildman–Crippen LogP) is 2.68. The molecule has 1 N–H and O–H groups in total. The van der Waals surface area contributed by atoms with Crippen LogP contribution >= 0.6 is 11.6 Å². The van der Waals surface area contributed by atoms with Gasteiger partial charge in [0.2, 0.25) is 0 Å². The molecule has 74 valence electrons. The van der Waals surface area contributed by atoms with E-state index in [1.54, 1.807) is 0 Å². The summed E-state index contributed by atoms with van der Waals surface area (Å²) in [6.07, 6.45) is 5.01. The third-order valence-corrected chi connectivity index (χ3v) is 2.28. The molecule has 5 heteroatoms. The topological polar surface area (TPSA) is 46.5 Å². The molecule has 0 aromatic carbocycles. The van der Waals surface area contributed by atoms with Gasteiger partial charge in [-0.15, -0.1) is 0 Å². The van der Waals surface area contributed by atoms with E-state index in [0.29, 0.717) is 6.42 Å². The second-order valence-corrected chi connectivity index (χ2v) is 3.69. The molecule has 0 radical (unpaired) electrons. The number of alkyl halides is 1. The molecule has 0 spiro atoms. The first-order valence-corrected chi connectivity index (χ1v) is 5.55. The van der Waals surface area contributed by atoms with Crippen molar-refractivity contribution in [3.8, 4) is 0 Å². The van der Waals surface area contributed by atoms with Crippen LogP contribution in [0, 0.1) is 0 Å². The molecule has 0 heterocycles. The minimum atomic E-state index is -2.23. The average molecular weight is 215 g/mol. The first-order valence-electron chi connectivity index (χ1n) is 4.09. The standard InChI is InChI=1S/C7H15ClO3S/c1-2-3-4-5-6-7(8)11-12(9)10/h7H,2-6H2,1H3,(H,9,10). The van der Waals surface area contributed by atoms with Crippen molar-refractivity contribution in [3.05, 3.63) is 0 Å². The second-order valence-electron chi connectivity index (χ2n) is 2.57. The van der Waals surface area contributed by atoms with Gasteiger partial charge in [0.25, 0.3) is 0 Å². The third-order valence-electron chi connectivity index (χ3n) is 1.47. The van der Waals surface area contributed by atoms with Gasteiger partial charge in [-0.3, -0.25) is 4.55 Å². The summed E-state index contributed by atoms with van der Waals surface area (Å²) in [5, 5.41) is 0. The molecule has 12 heavy (non-hydrogen) atoms. The molecule has 0 aromatic heterocycles. The maximum Gasteiger partial charge on any atom is 0.303 e. The van der Waals surface area contributed by atoms with Crippen LogP contribution in [0.3, 0.4) is 0 Å². The molecule has 0 aromatic rings. The molecule has 0 aliphatic rings. The van der Waals surface area contributed by atoms with E-state index in [1.165, 1.54) is 12.8 Å². The Bertz CT molecular complexity index is 132. The van der Waals surface area contributed by atoms with Gasteiger partial charge < -0.3 is 0 Å². The van der Waals surface area contributed by atoms with E-state index in [1.807, 2.05) is 0 Å². The van der Waals surface area contributed by atoms with Crippen LogP contribution in [0.15, 0.2) is 0 Å². The number of hydrogen-bond acceptors (Lipinski definition) is 2. The van der Waals surface area contributed by atoms with Crippen molar-refractivity contribution in [3.63, 3.8) is 0 Å². The lowest BCUT2D eigenvalue weighted by Gasteiger charge is -2.05. The van der Waals surface area contributed by atoms with Crippen LogP contribution in [0.1, 0.15) is 39.0 Å². The largest absolute Gasteiger partial charge is 0.303 e. The summed E-state index contributed by atoms with van der Waals surface area (Å²) in [5.41, 5.74) is -0.632. The van der Waals surface area contributed by atoms with Gasteiger partial charge in [0.15, 0.2) is 5.56 Å². The van der Waals surface area contributed by atoms with E-state index in [2.05, 4.69) is 11.1 Å². The minimum absolute atomic E-state index is 0.632. The monoisotopic (exact) mass is 214 g/mol. The number of hydrogen-bond donors (Lipinski definition) is 1. The first-order chi connectivity index (χ1) is 5.66. The Morgan fingerprint density at radius 2 is 2.17 bits per heavy atom. The van der Waals surface area contributed by atoms with Gasteiger partial charge in [0.05, 0.1) is 0 Å². The van der Waals surface area contributed by atoms with E-state index in [-0.39, 0.29) is 0 Å². The summed E-state index contributed by atoms with van der Waals surface area (Å²) in [6, 6.07) is 0. The second kappa shape index (κ2) is 7.98. The lowest BCUT2D eigenvalue weighted by atomic mass is 10.2. The summed E-state index contributed by atoms with van der Waals surface area (Å²) in [5.74, 6) is 0. The predicted molar refractivity (Wildman–Crippen MR) is 50.3 cm³/mol. The van der Waals surface area contributed by atoms with Gasteiger partial charge in [-0.25, -0.2) is 4.18 Å². The van der Waals surface area contributed by atoms with Gasteiger partial charge in [-0.2, -0.15) is 4.21 Å². The smallest absolute Gasteiger partial charge is 0.284 e. The zero-order valence-electron chi connectivity index (χ0n) is 7.16. The van der Waals surface area contributed by atoms with Crippen molar-refractivity contribution in [2.45, 2.75) is 44.6 Å². The lowest BCUT2D eigenvalue weighted by molar-refractivity contribution is 0.262. The fourth-order valence-electron chi connectivity index (χ4n) is 0.869. The fraction of sp³-hybridized carbons (Fsp3) is 1.00. The molecule has 0 fully saturated rings. The van der Waals surface area contributed by atoms with E-state index in [4.69, 9.17) is 16.2 Å². The van der Waals surface area contributed by atoms with Crippen LogP contribution < -0.4 is 0 Å². The van der Waals surface area contributed by atoms with Gasteiger partial charge in [0.1, 0.15) is 0 Å². The van der Waals surface area contributed by atoms with Crippen molar-refractivity contribution in [1.82, 2.24) is 0 Å². The van der Waals surface area contributed by atoms with Gasteiger partial charge in [-0.1, -0.05) is 37.8 Å². The number of unbranched alkanes of at least 4 members (excludes halogenated alkanes) is 3. The molecular formula is C7H15ClO3S. The molecule has 2 atom stereocenters. The van der Waals surface area contributed by atoms with Gasteiger partial charge in [0, 0.05) is 0 Å². The Labute approximate surface area is 80.9 Å². The SMILES string of the molecule is CCCCCCC(Cl)OS(=O)O. The van der Waals surface area contributed by atoms with Crippen LogP contribution in [-0.4, -0.2) is 14.3 Å². The summed E-state index contributed by atoms with van der Waals surface area (Å²) in [7, 11) is 0. The highest BCUT2D eigenvalue weighted by Crippen LogP contribution is 2.11. The van der Waals surface area contributed by atoms with Crippen molar-refractivity contribution in [2.75, 3.05) is 0 Å². The van der Waals surface area contributed by atoms with Crippen molar-refractivity contribution < 1.29 is 12.9 Å². The van der Waals surface area contributed by atoms with Crippen LogP contribution in [-0.2, 0) is 15.5 Å². The zero-order chi connectivity index (χ0) is 9.40. The van der Waals surface area contributed by atoms with Crippen LogP contribution in [0.25, 0.3) is 0 Å². The Morgan fingerprint density at radius 3 is 2.67 bits per heavy atom. The average Bonchev–Trinajstić information content (AvgIpc) is 1.97. The zero-order valence-corrected chi connectivity index (χ0v) is 8.74. The summed E-state index contributed by atoms with van der Waals surface area (Å²) in [6.45, 7) is 2.12. The third kappa shape index (κ3) is 8.46. The molecule has 0 aliphatic heterocycles. The first kappa shape index (κ1) is 12.4. The molecule has 0 saturated heterocycles. The molecule has 0 bridgehead atoms. The maximum atomic E-state index is 10.1. The molecule has 0 aliphatic carbocycles. The van der Waals surface area contributed by atoms with E-state index >= 15 is 0 Å². The van der Waals surface area contributed by atoms with E-state index in [0.717, 1.165) is 12.8 Å². The summed E-state index contributed by atoms with van der Waals surface area (Å²) < 4.78 is 22.8. The highest BCUT2D eigenvalue weighted by molar-refractivity contribution is 7.74. The van der Waals surface area contributed by atoms with E-state index < -0.39 is 16.9 Å². The fourth-order valence-corrected chi connectivity index (χ4v) is 1.48. The highest BCUT2D eigenvalue weighted by Gasteiger charge is 2.06. The summed E-state index contributed by atoms with van der Waals surface area (Å²) >= 11 is 3.34. The van der Waals surface area contributed by atoms with Crippen molar-refractivity contribution in [1.29, 1.82) is 0 Å². The number of halogens is 1. The van der Waals surface area contributed by atoms with Crippen molar-refractivity contribution in [2.24, 2.45) is 0 Å². The quantitative estimate of drug-likeness (QED) is 0.403. The van der Waals surface area contributed by atoms with Crippen LogP contribution in [0.5, 0.6) is 0 Å². The van der Waals surface area contributed by atoms with E-state index in [9.17, 15) is 4.21 Å². The molecule has 2 unspecified atom stereocenters. The molecular weight excluding hydrogens is 200 g/mol. The Morgan fingerprint density at radius 1 is 1.50 bits per heavy atom. The van der Waals surface area contributed by atoms with Gasteiger partial charge in [-0.05, 0) is 12.8 Å². The van der Waals surface area contributed by atoms with Crippen molar-refractivity contribution >= 4 is 23.0 Å². The molecule has 3 nitrogen and oxygen atoms in total. The molecule has 0 rings (SSSR count). The summed E-state index contributed by atoms with van der Waals surface area (Å²) in [4.78, 5) is 0. The lowest BCUT2D eigenvalue weighted by Crippen LogP contribution is -2.06. The van der Waals surface area contributed by atoms with Gasteiger partial charge >= 0.3 is 11.4 Å².